The van der Waals surface area contributed by atoms with Crippen molar-refractivity contribution in [3.8, 4) is 0 Å². The molecule has 2 unspecified atom stereocenters. The lowest BCUT2D eigenvalue weighted by molar-refractivity contribution is -0.147. The van der Waals surface area contributed by atoms with Crippen LogP contribution in [0.15, 0.2) is 48.8 Å². The normalized spacial score (nSPS) is 24.0. The van der Waals surface area contributed by atoms with Crippen LogP contribution in [-0.4, -0.2) is 51.2 Å². The first kappa shape index (κ1) is 25.7. The zero-order valence-corrected chi connectivity index (χ0v) is 22.2. The van der Waals surface area contributed by atoms with Gasteiger partial charge in [0.2, 0.25) is 17.7 Å². The SMILES string of the molecule is O=C(CN1C(=O)C2(CCCC2)NCC1c1cc(F)cc(F)c1)Nc1cnc2c(c1)CC1(C2)C(=O)Nc2ncccc21. The number of fused-ring (bicyclic) bond motifs is 3. The summed E-state index contributed by atoms with van der Waals surface area (Å²) in [5, 5.41) is 9.05. The summed E-state index contributed by atoms with van der Waals surface area (Å²) >= 11 is 0. The Labute approximate surface area is 234 Å². The summed E-state index contributed by atoms with van der Waals surface area (Å²) < 4.78 is 28.2. The number of halogens is 2. The molecule has 3 amide bonds. The smallest absolute Gasteiger partial charge is 0.244 e. The van der Waals surface area contributed by atoms with Gasteiger partial charge < -0.3 is 20.9 Å². The Balaban J connectivity index is 1.12. The standard InChI is InChI=1S/C30H28F2N6O3/c31-19-8-17(9-20(32)11-19)24-15-35-30(5-1-2-6-30)28(41)38(24)16-25(39)36-21-10-18-12-29(13-23(18)34-14-21)22-4-3-7-33-26(22)37-27(29)40/h3-4,7-11,14,24,35H,1-2,5-6,12-13,15-16H2,(H,36,39)(H,33,37,40). The number of hydrogen-bond donors (Lipinski definition) is 3. The van der Waals surface area contributed by atoms with Gasteiger partial charge in [0, 0.05) is 36.5 Å². The number of rotatable bonds is 4. The van der Waals surface area contributed by atoms with Gasteiger partial charge in [-0.3, -0.25) is 19.4 Å². The highest BCUT2D eigenvalue weighted by Crippen LogP contribution is 2.46. The molecule has 3 aromatic rings. The molecule has 2 aliphatic carbocycles. The third kappa shape index (κ3) is 4.18. The van der Waals surface area contributed by atoms with Gasteiger partial charge in [-0.2, -0.15) is 0 Å². The van der Waals surface area contributed by atoms with Gasteiger partial charge in [0.15, 0.2) is 0 Å². The summed E-state index contributed by atoms with van der Waals surface area (Å²) in [4.78, 5) is 50.4. The van der Waals surface area contributed by atoms with E-state index in [0.717, 1.165) is 35.7 Å². The minimum atomic E-state index is -0.780. The van der Waals surface area contributed by atoms with E-state index >= 15 is 0 Å². The van der Waals surface area contributed by atoms with Crippen molar-refractivity contribution in [3.05, 3.63) is 82.8 Å². The van der Waals surface area contributed by atoms with E-state index in [1.807, 2.05) is 18.2 Å². The van der Waals surface area contributed by atoms with Gasteiger partial charge in [-0.1, -0.05) is 18.9 Å². The van der Waals surface area contributed by atoms with Crippen molar-refractivity contribution in [3.63, 3.8) is 0 Å². The average Bonchev–Trinajstić information content (AvgIpc) is 3.63. The number of pyridine rings is 2. The quantitative estimate of drug-likeness (QED) is 0.453. The summed E-state index contributed by atoms with van der Waals surface area (Å²) in [7, 11) is 0. The van der Waals surface area contributed by atoms with Crippen molar-refractivity contribution in [2.75, 3.05) is 23.7 Å². The Morgan fingerprint density at radius 3 is 2.63 bits per heavy atom. The van der Waals surface area contributed by atoms with Crippen molar-refractivity contribution in [1.29, 1.82) is 0 Å². The lowest BCUT2D eigenvalue weighted by Crippen LogP contribution is -2.64. The zero-order valence-electron chi connectivity index (χ0n) is 22.2. The lowest BCUT2D eigenvalue weighted by atomic mass is 9.80. The highest BCUT2D eigenvalue weighted by atomic mass is 19.1. The molecule has 9 nitrogen and oxygen atoms in total. The molecular weight excluding hydrogens is 530 g/mol. The number of piperazine rings is 1. The van der Waals surface area contributed by atoms with Gasteiger partial charge in [0.1, 0.15) is 24.0 Å². The Morgan fingerprint density at radius 1 is 1.07 bits per heavy atom. The van der Waals surface area contributed by atoms with E-state index in [1.165, 1.54) is 17.0 Å². The number of nitrogens with one attached hydrogen (secondary N) is 3. The highest BCUT2D eigenvalue weighted by molar-refractivity contribution is 6.06. The number of carbonyl (C=O) groups is 3. The fourth-order valence-electron chi connectivity index (χ4n) is 7.05. The molecule has 210 valence electrons. The summed E-state index contributed by atoms with van der Waals surface area (Å²) in [5.74, 6) is -1.72. The molecule has 0 bridgehead atoms. The van der Waals surface area contributed by atoms with Crippen LogP contribution in [0.5, 0.6) is 0 Å². The van der Waals surface area contributed by atoms with Crippen molar-refractivity contribution in [2.24, 2.45) is 0 Å². The van der Waals surface area contributed by atoms with E-state index in [1.54, 1.807) is 12.4 Å². The molecule has 2 fully saturated rings. The maximum absolute atomic E-state index is 14.1. The average molecular weight is 559 g/mol. The Morgan fingerprint density at radius 2 is 1.85 bits per heavy atom. The number of aromatic nitrogens is 2. The molecule has 2 aliphatic heterocycles. The molecule has 4 aliphatic rings. The largest absolute Gasteiger partial charge is 0.323 e. The van der Waals surface area contributed by atoms with Crippen LogP contribution in [0.25, 0.3) is 0 Å². The van der Waals surface area contributed by atoms with Gasteiger partial charge in [-0.05, 0) is 54.7 Å². The Kier molecular flexibility index (Phi) is 5.90. The molecule has 1 saturated carbocycles. The van der Waals surface area contributed by atoms with Crippen molar-refractivity contribution >= 4 is 29.2 Å². The van der Waals surface area contributed by atoms with Crippen LogP contribution in [0.3, 0.4) is 0 Å². The molecule has 1 aromatic carbocycles. The lowest BCUT2D eigenvalue weighted by Gasteiger charge is -2.45. The monoisotopic (exact) mass is 558 g/mol. The van der Waals surface area contributed by atoms with E-state index in [0.29, 0.717) is 37.2 Å². The molecule has 0 radical (unpaired) electrons. The van der Waals surface area contributed by atoms with E-state index in [2.05, 4.69) is 25.9 Å². The van der Waals surface area contributed by atoms with Crippen molar-refractivity contribution < 1.29 is 23.2 Å². The molecule has 2 aromatic heterocycles. The number of amides is 3. The molecule has 41 heavy (non-hydrogen) atoms. The number of benzene rings is 1. The van der Waals surface area contributed by atoms with Crippen molar-refractivity contribution in [1.82, 2.24) is 20.2 Å². The third-order valence-electron chi connectivity index (χ3n) is 9.02. The second-order valence-corrected chi connectivity index (χ2v) is 11.5. The van der Waals surface area contributed by atoms with Gasteiger partial charge in [0.05, 0.1) is 28.9 Å². The van der Waals surface area contributed by atoms with Crippen LogP contribution in [0.2, 0.25) is 0 Å². The van der Waals surface area contributed by atoms with Crippen molar-refractivity contribution in [2.45, 2.75) is 55.5 Å². The summed E-state index contributed by atoms with van der Waals surface area (Å²) in [6.07, 6.45) is 7.12. The number of anilines is 2. The van der Waals surface area contributed by atoms with Gasteiger partial charge in [-0.15, -0.1) is 0 Å². The molecule has 3 N–H and O–H groups in total. The first-order valence-electron chi connectivity index (χ1n) is 13.8. The van der Waals surface area contributed by atoms with E-state index in [-0.39, 0.29) is 30.5 Å². The van der Waals surface area contributed by atoms with Crippen LogP contribution >= 0.6 is 0 Å². The van der Waals surface area contributed by atoms with E-state index < -0.39 is 34.5 Å². The highest BCUT2D eigenvalue weighted by Gasteiger charge is 2.52. The van der Waals surface area contributed by atoms with Gasteiger partial charge >= 0.3 is 0 Å². The fraction of sp³-hybridized carbons (Fsp3) is 0.367. The molecule has 1 saturated heterocycles. The summed E-state index contributed by atoms with van der Waals surface area (Å²) in [6, 6.07) is 8.00. The molecule has 7 rings (SSSR count). The Bertz CT molecular complexity index is 1590. The number of nitrogens with zero attached hydrogens (tertiary/aromatic N) is 3. The molecule has 2 atom stereocenters. The van der Waals surface area contributed by atoms with Crippen LogP contribution in [0.4, 0.5) is 20.3 Å². The van der Waals surface area contributed by atoms with Gasteiger partial charge in [0.25, 0.3) is 0 Å². The van der Waals surface area contributed by atoms with Gasteiger partial charge in [-0.25, -0.2) is 13.8 Å². The first-order valence-corrected chi connectivity index (χ1v) is 13.8. The minimum absolute atomic E-state index is 0.118. The van der Waals surface area contributed by atoms with Crippen LogP contribution in [0.1, 0.15) is 54.1 Å². The zero-order chi connectivity index (χ0) is 28.4. The molecular formula is C30H28F2N6O3. The summed E-state index contributed by atoms with van der Waals surface area (Å²) in [6.45, 7) is -0.00364. The van der Waals surface area contributed by atoms with Crippen LogP contribution in [-0.2, 0) is 32.6 Å². The number of carbonyl (C=O) groups excluding carboxylic acids is 3. The van der Waals surface area contributed by atoms with Crippen LogP contribution < -0.4 is 16.0 Å². The minimum Gasteiger partial charge on any atom is -0.323 e. The molecule has 4 heterocycles. The predicted octanol–water partition coefficient (Wildman–Crippen LogP) is 3.17. The first-order chi connectivity index (χ1) is 19.8. The maximum atomic E-state index is 14.1. The molecule has 11 heteroatoms. The topological polar surface area (TPSA) is 116 Å². The Hall–Kier alpha value is -4.25. The third-order valence-corrected chi connectivity index (χ3v) is 9.02. The second-order valence-electron chi connectivity index (χ2n) is 11.5. The van der Waals surface area contributed by atoms with E-state index in [9.17, 15) is 23.2 Å². The maximum Gasteiger partial charge on any atom is 0.244 e. The van der Waals surface area contributed by atoms with Crippen LogP contribution in [0, 0.1) is 11.6 Å². The molecule has 2 spiro atoms. The second kappa shape index (κ2) is 9.41. The summed E-state index contributed by atoms with van der Waals surface area (Å²) in [5.41, 5.74) is 1.66. The number of hydrogen-bond acceptors (Lipinski definition) is 6. The van der Waals surface area contributed by atoms with E-state index in [4.69, 9.17) is 0 Å². The fourth-order valence-corrected chi connectivity index (χ4v) is 7.05. The predicted molar refractivity (Wildman–Crippen MR) is 145 cm³/mol.